The first kappa shape index (κ1) is 15.9. The minimum absolute atomic E-state index is 0.633. The van der Waals surface area contributed by atoms with Gasteiger partial charge in [0.1, 0.15) is 0 Å². The van der Waals surface area contributed by atoms with Crippen molar-refractivity contribution in [2.45, 2.75) is 46.2 Å². The molecule has 0 saturated carbocycles. The lowest BCUT2D eigenvalue weighted by Crippen LogP contribution is -2.27. The Morgan fingerprint density at radius 3 is 2.90 bits per heavy atom. The van der Waals surface area contributed by atoms with Crippen molar-refractivity contribution in [2.24, 2.45) is 0 Å². The fraction of sp³-hybridized carbons (Fsp3) is 0.625. The summed E-state index contributed by atoms with van der Waals surface area (Å²) in [6.07, 6.45) is 6.41. The minimum Gasteiger partial charge on any atom is -0.313 e. The number of hydrogen-bond donors (Lipinski definition) is 1. The average Bonchev–Trinajstić information content (AvgIpc) is 2.81. The Labute approximate surface area is 127 Å². The molecule has 5 heteroatoms. The van der Waals surface area contributed by atoms with E-state index in [4.69, 9.17) is 0 Å². The second kappa shape index (κ2) is 7.52. The van der Waals surface area contributed by atoms with Crippen LogP contribution in [0.3, 0.4) is 0 Å². The Morgan fingerprint density at radius 1 is 1.33 bits per heavy atom. The Morgan fingerprint density at radius 2 is 2.14 bits per heavy atom. The molecule has 0 spiro atoms. The summed E-state index contributed by atoms with van der Waals surface area (Å²) in [4.78, 5) is 6.80. The normalized spacial score (nSPS) is 11.9. The topological polar surface area (TPSA) is 45.5 Å². The summed E-state index contributed by atoms with van der Waals surface area (Å²) < 4.78 is 1.85. The van der Waals surface area contributed by atoms with Gasteiger partial charge in [0.25, 0.3) is 0 Å². The maximum atomic E-state index is 4.41. The third kappa shape index (κ3) is 4.79. The van der Waals surface area contributed by atoms with Crippen LogP contribution in [0.4, 0.5) is 0 Å². The molecule has 0 unspecified atom stereocenters. The molecule has 0 atom stereocenters. The number of nitrogens with one attached hydrogen (secondary N) is 1. The largest absolute Gasteiger partial charge is 0.313 e. The lowest BCUT2D eigenvalue weighted by Gasteiger charge is -2.20. The lowest BCUT2D eigenvalue weighted by atomic mass is 10.2. The molecule has 0 bridgehead atoms. The quantitative estimate of drug-likeness (QED) is 0.757. The van der Waals surface area contributed by atoms with E-state index in [-0.39, 0.29) is 0 Å². The predicted molar refractivity (Wildman–Crippen MR) is 86.4 cm³/mol. The summed E-state index contributed by atoms with van der Waals surface area (Å²) in [5.74, 6) is 0. The molecule has 0 fully saturated rings. The van der Waals surface area contributed by atoms with Gasteiger partial charge in [-0.2, -0.15) is 5.10 Å². The van der Waals surface area contributed by atoms with E-state index < -0.39 is 0 Å². The fourth-order valence-corrected chi connectivity index (χ4v) is 2.23. The highest BCUT2D eigenvalue weighted by molar-refractivity contribution is 5.38. The first-order valence-corrected chi connectivity index (χ1v) is 7.78. The number of aromatic nitrogens is 3. The molecule has 5 nitrogen and oxygen atoms in total. The van der Waals surface area contributed by atoms with E-state index >= 15 is 0 Å². The number of aryl methyl sites for hydroxylation is 1. The molecule has 21 heavy (non-hydrogen) atoms. The van der Waals surface area contributed by atoms with E-state index in [1.54, 1.807) is 0 Å². The minimum atomic E-state index is 0.633. The van der Waals surface area contributed by atoms with Crippen molar-refractivity contribution in [3.05, 3.63) is 29.7 Å². The highest BCUT2D eigenvalue weighted by atomic mass is 15.2. The van der Waals surface area contributed by atoms with Crippen LogP contribution in [0.25, 0.3) is 5.65 Å². The number of nitrogens with zero attached hydrogens (tertiary/aromatic N) is 4. The van der Waals surface area contributed by atoms with Crippen LogP contribution < -0.4 is 5.32 Å². The van der Waals surface area contributed by atoms with Crippen LogP contribution in [0.1, 0.15) is 37.9 Å². The van der Waals surface area contributed by atoms with Crippen LogP contribution in [-0.4, -0.2) is 45.7 Å². The van der Waals surface area contributed by atoms with Gasteiger partial charge in [-0.15, -0.1) is 0 Å². The maximum absolute atomic E-state index is 4.41. The van der Waals surface area contributed by atoms with Gasteiger partial charge < -0.3 is 10.2 Å². The highest BCUT2D eigenvalue weighted by Crippen LogP contribution is 2.04. The summed E-state index contributed by atoms with van der Waals surface area (Å²) in [6.45, 7) is 9.51. The predicted octanol–water partition coefficient (Wildman–Crippen LogP) is 2.25. The Hall–Kier alpha value is -1.46. The van der Waals surface area contributed by atoms with Crippen LogP contribution >= 0.6 is 0 Å². The van der Waals surface area contributed by atoms with E-state index in [1.807, 2.05) is 23.7 Å². The standard InChI is InChI=1S/C16H27N5/c1-13(2)20(4)8-6-5-7-17-10-15-11-18-16-9-14(3)19-21(16)12-15/h9,11-13,17H,5-8,10H2,1-4H3. The molecular formula is C16H27N5. The summed E-state index contributed by atoms with van der Waals surface area (Å²) >= 11 is 0. The third-order valence-electron chi connectivity index (χ3n) is 3.81. The van der Waals surface area contributed by atoms with Gasteiger partial charge in [-0.05, 0) is 53.8 Å². The van der Waals surface area contributed by atoms with E-state index in [1.165, 1.54) is 24.9 Å². The van der Waals surface area contributed by atoms with Crippen molar-refractivity contribution in [1.29, 1.82) is 0 Å². The summed E-state index contributed by atoms with van der Waals surface area (Å²) in [5, 5.41) is 7.86. The molecule has 0 aromatic carbocycles. The molecule has 2 heterocycles. The van der Waals surface area contributed by atoms with Gasteiger partial charge in [-0.25, -0.2) is 9.50 Å². The molecular weight excluding hydrogens is 262 g/mol. The first-order valence-electron chi connectivity index (χ1n) is 7.78. The molecule has 2 aromatic rings. The summed E-state index contributed by atoms with van der Waals surface area (Å²) in [6, 6.07) is 2.62. The van der Waals surface area contributed by atoms with Crippen molar-refractivity contribution < 1.29 is 0 Å². The van der Waals surface area contributed by atoms with Crippen LogP contribution in [0.2, 0.25) is 0 Å². The van der Waals surface area contributed by atoms with E-state index in [0.29, 0.717) is 6.04 Å². The van der Waals surface area contributed by atoms with Crippen molar-refractivity contribution in [3.63, 3.8) is 0 Å². The molecule has 0 saturated heterocycles. The van der Waals surface area contributed by atoms with E-state index in [2.05, 4.69) is 47.4 Å². The molecule has 0 amide bonds. The number of unbranched alkanes of at least 4 members (excludes halogenated alkanes) is 1. The Kier molecular flexibility index (Phi) is 5.70. The smallest absolute Gasteiger partial charge is 0.155 e. The second-order valence-electron chi connectivity index (χ2n) is 6.01. The second-order valence-corrected chi connectivity index (χ2v) is 6.01. The average molecular weight is 289 g/mol. The van der Waals surface area contributed by atoms with E-state index in [9.17, 15) is 0 Å². The van der Waals surface area contributed by atoms with Crippen molar-refractivity contribution in [3.8, 4) is 0 Å². The monoisotopic (exact) mass is 289 g/mol. The first-order chi connectivity index (χ1) is 10.1. The van der Waals surface area contributed by atoms with E-state index in [0.717, 1.165) is 24.4 Å². The molecule has 1 N–H and O–H groups in total. The zero-order valence-electron chi connectivity index (χ0n) is 13.6. The highest BCUT2D eigenvalue weighted by Gasteiger charge is 2.02. The molecule has 0 aliphatic heterocycles. The SMILES string of the molecule is Cc1cc2ncc(CNCCCCN(C)C(C)C)cn2n1. The lowest BCUT2D eigenvalue weighted by molar-refractivity contribution is 0.268. The van der Waals surface area contributed by atoms with Gasteiger partial charge >= 0.3 is 0 Å². The van der Waals surface area contributed by atoms with Gasteiger partial charge in [0.15, 0.2) is 5.65 Å². The number of fused-ring (bicyclic) bond motifs is 1. The zero-order valence-corrected chi connectivity index (χ0v) is 13.6. The molecule has 0 aliphatic rings. The number of hydrogen-bond acceptors (Lipinski definition) is 4. The fourth-order valence-electron chi connectivity index (χ4n) is 2.23. The van der Waals surface area contributed by atoms with Crippen LogP contribution in [0, 0.1) is 6.92 Å². The van der Waals surface area contributed by atoms with Crippen LogP contribution in [0.5, 0.6) is 0 Å². The summed E-state index contributed by atoms with van der Waals surface area (Å²) in [5.41, 5.74) is 3.08. The third-order valence-corrected chi connectivity index (χ3v) is 3.81. The Balaban J connectivity index is 1.68. The maximum Gasteiger partial charge on any atom is 0.155 e. The van der Waals surface area contributed by atoms with Gasteiger partial charge in [0, 0.05) is 36.6 Å². The van der Waals surface area contributed by atoms with Crippen molar-refractivity contribution >= 4 is 5.65 Å². The van der Waals surface area contributed by atoms with Gasteiger partial charge in [-0.1, -0.05) is 0 Å². The van der Waals surface area contributed by atoms with Gasteiger partial charge in [-0.3, -0.25) is 0 Å². The molecule has 0 aliphatic carbocycles. The molecule has 2 aromatic heterocycles. The van der Waals surface area contributed by atoms with Gasteiger partial charge in [0.05, 0.1) is 5.69 Å². The van der Waals surface area contributed by atoms with Gasteiger partial charge in [0.2, 0.25) is 0 Å². The molecule has 116 valence electrons. The van der Waals surface area contributed by atoms with Crippen molar-refractivity contribution in [1.82, 2.24) is 24.8 Å². The summed E-state index contributed by atoms with van der Waals surface area (Å²) in [7, 11) is 2.19. The molecule has 0 radical (unpaired) electrons. The van der Waals surface area contributed by atoms with Crippen molar-refractivity contribution in [2.75, 3.05) is 20.1 Å². The molecule has 2 rings (SSSR count). The van der Waals surface area contributed by atoms with Crippen LogP contribution in [0.15, 0.2) is 18.5 Å². The Bertz CT molecular complexity index is 561. The number of rotatable bonds is 8. The zero-order chi connectivity index (χ0) is 15.2. The van der Waals surface area contributed by atoms with Crippen LogP contribution in [-0.2, 0) is 6.54 Å².